The monoisotopic (exact) mass is 276 g/mol. The average Bonchev–Trinajstić information content (AvgIpc) is 2.57. The van der Waals surface area contributed by atoms with Gasteiger partial charge in [0.05, 0.1) is 0 Å². The Morgan fingerprint density at radius 3 is 2.14 bits per heavy atom. The SMILES string of the molecule is C=C/C=C(\C=C/C)c1ccccc1-c1ccccc1.CC. The highest BCUT2D eigenvalue weighted by atomic mass is 14.1. The van der Waals surface area contributed by atoms with Gasteiger partial charge in [-0.05, 0) is 29.2 Å². The number of rotatable bonds is 4. The number of allylic oxidation sites excluding steroid dienone is 5. The highest BCUT2D eigenvalue weighted by molar-refractivity contribution is 5.86. The normalized spacial score (nSPS) is 10.9. The summed E-state index contributed by atoms with van der Waals surface area (Å²) in [5.41, 5.74) is 4.88. The molecule has 0 saturated carbocycles. The third-order valence-corrected chi connectivity index (χ3v) is 2.97. The standard InChI is InChI=1S/C19H18.C2H6/c1-3-10-16(11-4-2)18-14-8-9-15-19(18)17-12-6-5-7-13-17;1-2/h3-15H,1H2,2H3;1-2H3/b11-4-,16-10+;. The van der Waals surface area contributed by atoms with Crippen LogP contribution in [0.4, 0.5) is 0 Å². The highest BCUT2D eigenvalue weighted by Crippen LogP contribution is 2.29. The molecule has 0 aliphatic carbocycles. The minimum atomic E-state index is 1.18. The molecule has 21 heavy (non-hydrogen) atoms. The first kappa shape index (κ1) is 16.7. The zero-order valence-corrected chi connectivity index (χ0v) is 13.2. The smallest absolute Gasteiger partial charge is 0.0105 e. The largest absolute Gasteiger partial charge is 0.0990 e. The van der Waals surface area contributed by atoms with Crippen LogP contribution in [0.3, 0.4) is 0 Å². The Hall–Kier alpha value is -2.34. The Bertz CT molecular complexity index is 601. The molecule has 0 unspecified atom stereocenters. The molecule has 2 aromatic carbocycles. The van der Waals surface area contributed by atoms with Crippen LogP contribution in [0.2, 0.25) is 0 Å². The lowest BCUT2D eigenvalue weighted by Gasteiger charge is -2.10. The highest BCUT2D eigenvalue weighted by Gasteiger charge is 2.06. The predicted octanol–water partition coefficient (Wildman–Crippen LogP) is 6.53. The molecule has 0 bridgehead atoms. The van der Waals surface area contributed by atoms with Crippen molar-refractivity contribution in [3.8, 4) is 11.1 Å². The van der Waals surface area contributed by atoms with E-state index >= 15 is 0 Å². The maximum Gasteiger partial charge on any atom is -0.0105 e. The fourth-order valence-corrected chi connectivity index (χ4v) is 2.15. The van der Waals surface area contributed by atoms with Crippen molar-refractivity contribution < 1.29 is 0 Å². The Kier molecular flexibility index (Phi) is 7.60. The van der Waals surface area contributed by atoms with Gasteiger partial charge in [-0.1, -0.05) is 99.3 Å². The van der Waals surface area contributed by atoms with Crippen LogP contribution >= 0.6 is 0 Å². The van der Waals surface area contributed by atoms with E-state index in [1.807, 2.05) is 39.0 Å². The number of hydrogen-bond donors (Lipinski definition) is 0. The molecule has 0 radical (unpaired) electrons. The van der Waals surface area contributed by atoms with Gasteiger partial charge in [0.2, 0.25) is 0 Å². The van der Waals surface area contributed by atoms with Crippen LogP contribution < -0.4 is 0 Å². The zero-order valence-electron chi connectivity index (χ0n) is 13.2. The second-order valence-electron chi connectivity index (χ2n) is 4.27. The third-order valence-electron chi connectivity index (χ3n) is 2.97. The van der Waals surface area contributed by atoms with Crippen molar-refractivity contribution >= 4 is 5.57 Å². The van der Waals surface area contributed by atoms with Crippen molar-refractivity contribution in [3.63, 3.8) is 0 Å². The van der Waals surface area contributed by atoms with Gasteiger partial charge in [-0.15, -0.1) is 0 Å². The predicted molar refractivity (Wildman–Crippen MR) is 96.2 cm³/mol. The summed E-state index contributed by atoms with van der Waals surface area (Å²) in [5.74, 6) is 0. The van der Waals surface area contributed by atoms with Crippen LogP contribution in [0.5, 0.6) is 0 Å². The molecule has 0 heteroatoms. The summed E-state index contributed by atoms with van der Waals surface area (Å²) < 4.78 is 0. The molecular weight excluding hydrogens is 252 g/mol. The quantitative estimate of drug-likeness (QED) is 0.557. The molecule has 0 N–H and O–H groups in total. The fourth-order valence-electron chi connectivity index (χ4n) is 2.15. The first-order chi connectivity index (χ1) is 10.4. The van der Waals surface area contributed by atoms with E-state index in [1.54, 1.807) is 0 Å². The molecule has 0 amide bonds. The summed E-state index contributed by atoms with van der Waals surface area (Å²) >= 11 is 0. The summed E-state index contributed by atoms with van der Waals surface area (Å²) in [6.07, 6.45) is 8.04. The third kappa shape index (κ3) is 4.61. The molecule has 0 aliphatic heterocycles. The molecule has 0 fully saturated rings. The van der Waals surface area contributed by atoms with Gasteiger partial charge in [0, 0.05) is 0 Å². The topological polar surface area (TPSA) is 0 Å². The number of hydrogen-bond acceptors (Lipinski definition) is 0. The molecule has 0 atom stereocenters. The molecule has 2 aromatic rings. The Morgan fingerprint density at radius 1 is 0.905 bits per heavy atom. The van der Waals surface area contributed by atoms with Gasteiger partial charge in [-0.2, -0.15) is 0 Å². The van der Waals surface area contributed by atoms with Crippen molar-refractivity contribution in [2.75, 3.05) is 0 Å². The maximum atomic E-state index is 3.80. The van der Waals surface area contributed by atoms with Crippen LogP contribution in [0.15, 0.2) is 85.5 Å². The summed E-state index contributed by atoms with van der Waals surface area (Å²) in [6.45, 7) is 9.83. The number of benzene rings is 2. The second kappa shape index (κ2) is 9.55. The van der Waals surface area contributed by atoms with Crippen LogP contribution in [0.1, 0.15) is 26.3 Å². The van der Waals surface area contributed by atoms with Gasteiger partial charge in [0.15, 0.2) is 0 Å². The van der Waals surface area contributed by atoms with Crippen molar-refractivity contribution in [2.45, 2.75) is 20.8 Å². The molecule has 108 valence electrons. The van der Waals surface area contributed by atoms with E-state index in [9.17, 15) is 0 Å². The molecule has 2 rings (SSSR count). The summed E-state index contributed by atoms with van der Waals surface area (Å²) in [6, 6.07) is 18.9. The molecule has 0 spiro atoms. The van der Waals surface area contributed by atoms with Gasteiger partial charge < -0.3 is 0 Å². The van der Waals surface area contributed by atoms with Gasteiger partial charge in [0.25, 0.3) is 0 Å². The second-order valence-corrected chi connectivity index (χ2v) is 4.27. The lowest BCUT2D eigenvalue weighted by Crippen LogP contribution is -1.87. The summed E-state index contributed by atoms with van der Waals surface area (Å²) in [5, 5.41) is 0. The maximum absolute atomic E-state index is 3.80. The van der Waals surface area contributed by atoms with E-state index in [4.69, 9.17) is 0 Å². The average molecular weight is 276 g/mol. The Morgan fingerprint density at radius 2 is 1.52 bits per heavy atom. The molecule has 0 aromatic heterocycles. The van der Waals surface area contributed by atoms with E-state index in [1.165, 1.54) is 22.3 Å². The Balaban J connectivity index is 0.00000106. The van der Waals surface area contributed by atoms with Crippen LogP contribution in [-0.4, -0.2) is 0 Å². The first-order valence-electron chi connectivity index (χ1n) is 7.47. The van der Waals surface area contributed by atoms with Crippen molar-refractivity contribution in [2.24, 2.45) is 0 Å². The molecule has 0 heterocycles. The van der Waals surface area contributed by atoms with Crippen LogP contribution in [0.25, 0.3) is 16.7 Å². The van der Waals surface area contributed by atoms with Crippen molar-refractivity contribution in [3.05, 3.63) is 91.0 Å². The summed E-state index contributed by atoms with van der Waals surface area (Å²) in [7, 11) is 0. The van der Waals surface area contributed by atoms with Crippen molar-refractivity contribution in [1.82, 2.24) is 0 Å². The molecule has 0 aliphatic rings. The van der Waals surface area contributed by atoms with Gasteiger partial charge in [-0.3, -0.25) is 0 Å². The summed E-state index contributed by atoms with van der Waals surface area (Å²) in [4.78, 5) is 0. The van der Waals surface area contributed by atoms with Gasteiger partial charge in [-0.25, -0.2) is 0 Å². The van der Waals surface area contributed by atoms with E-state index in [-0.39, 0.29) is 0 Å². The van der Waals surface area contributed by atoms with Gasteiger partial charge >= 0.3 is 0 Å². The van der Waals surface area contributed by atoms with Crippen molar-refractivity contribution in [1.29, 1.82) is 0 Å². The van der Waals surface area contributed by atoms with Crippen LogP contribution in [0, 0.1) is 0 Å². The van der Waals surface area contributed by atoms with E-state index in [2.05, 4.69) is 67.3 Å². The van der Waals surface area contributed by atoms with Crippen LogP contribution in [-0.2, 0) is 0 Å². The minimum Gasteiger partial charge on any atom is -0.0990 e. The Labute approximate surface area is 129 Å². The van der Waals surface area contributed by atoms with Gasteiger partial charge in [0.1, 0.15) is 0 Å². The zero-order chi connectivity index (χ0) is 15.5. The van der Waals surface area contributed by atoms with E-state index in [0.29, 0.717) is 0 Å². The molecule has 0 nitrogen and oxygen atoms in total. The molecular formula is C21H24. The first-order valence-corrected chi connectivity index (χ1v) is 7.47. The van der Waals surface area contributed by atoms with E-state index < -0.39 is 0 Å². The lowest BCUT2D eigenvalue weighted by atomic mass is 9.94. The minimum absolute atomic E-state index is 1.18. The lowest BCUT2D eigenvalue weighted by molar-refractivity contribution is 1.50. The van der Waals surface area contributed by atoms with E-state index in [0.717, 1.165) is 0 Å². The fraction of sp³-hybridized carbons (Fsp3) is 0.143. The molecule has 0 saturated heterocycles.